The van der Waals surface area contributed by atoms with Crippen LogP contribution in [0.5, 0.6) is 0 Å². The Labute approximate surface area is 326 Å². The average molecular weight is 792 g/mol. The van der Waals surface area contributed by atoms with Crippen molar-refractivity contribution in [1.82, 2.24) is 4.90 Å². The molecule has 0 saturated carbocycles. The minimum Gasteiger partial charge on any atom is -0.462 e. The maximum atomic E-state index is 13.6. The van der Waals surface area contributed by atoms with Gasteiger partial charge in [0.2, 0.25) is 0 Å². The maximum absolute atomic E-state index is 13.6. The van der Waals surface area contributed by atoms with Crippen LogP contribution in [0.4, 0.5) is 0 Å². The van der Waals surface area contributed by atoms with E-state index in [0.29, 0.717) is 19.3 Å². The highest BCUT2D eigenvalue weighted by Crippen LogP contribution is 2.35. The third-order valence-corrected chi connectivity index (χ3v) is 11.4. The first-order valence-electron chi connectivity index (χ1n) is 19.2. The van der Waals surface area contributed by atoms with Crippen LogP contribution in [0.25, 0.3) is 0 Å². The summed E-state index contributed by atoms with van der Waals surface area (Å²) in [4.78, 5) is 28.9. The Hall–Kier alpha value is -1.53. The van der Waals surface area contributed by atoms with Crippen molar-refractivity contribution in [1.29, 1.82) is 0 Å². The molecule has 0 aliphatic carbocycles. The van der Waals surface area contributed by atoms with Crippen molar-refractivity contribution in [2.24, 2.45) is 23.7 Å². The Balaban J connectivity index is 1.96. The predicted molar refractivity (Wildman–Crippen MR) is 201 cm³/mol. The van der Waals surface area contributed by atoms with Crippen LogP contribution in [-0.2, 0) is 42.7 Å². The summed E-state index contributed by atoms with van der Waals surface area (Å²) in [5.74, 6) is -2.56. The molecule has 0 bridgehead atoms. The molecule has 4 N–H and O–H groups in total. The summed E-state index contributed by atoms with van der Waals surface area (Å²) in [6, 6.07) is -0.696. The zero-order valence-electron chi connectivity index (χ0n) is 33.6. The number of methoxy groups -OCH3 is 2. The highest BCUT2D eigenvalue weighted by molar-refractivity contribution is 6.17. The Morgan fingerprint density at radius 1 is 0.889 bits per heavy atom. The van der Waals surface area contributed by atoms with Gasteiger partial charge in [0.1, 0.15) is 30.5 Å². The number of alkyl halides is 1. The van der Waals surface area contributed by atoms with Gasteiger partial charge in [-0.2, -0.15) is 0 Å². The summed E-state index contributed by atoms with van der Waals surface area (Å²) in [6.07, 6.45) is -4.77. The van der Waals surface area contributed by atoms with Crippen molar-refractivity contribution < 1.29 is 63.2 Å². The number of rotatable bonds is 11. The van der Waals surface area contributed by atoms with Crippen molar-refractivity contribution in [2.75, 3.05) is 40.8 Å². The molecule has 2 fully saturated rings. The minimum absolute atomic E-state index is 0.0326. The number of aliphatic hydroxyl groups is 4. The second-order valence-corrected chi connectivity index (χ2v) is 15.8. The molecular weight excluding hydrogens is 726 g/mol. The number of carbonyl (C=O) groups excluding carboxylic acids is 2. The maximum Gasteiger partial charge on any atom is 0.308 e. The van der Waals surface area contributed by atoms with Crippen molar-refractivity contribution in [3.63, 3.8) is 0 Å². The molecule has 54 heavy (non-hydrogen) atoms. The van der Waals surface area contributed by atoms with Gasteiger partial charge in [-0.1, -0.05) is 38.5 Å². The molecule has 15 heteroatoms. The molecule has 17 atom stereocenters. The van der Waals surface area contributed by atoms with Crippen molar-refractivity contribution in [2.45, 2.75) is 147 Å². The van der Waals surface area contributed by atoms with E-state index in [9.17, 15) is 30.0 Å². The SMILES string of the molecule is CC[C@H]1OC(=O)C[C@@H](O)[C@H](C)[C@@H](O[C@@H]2O[C@H](C)[C@@H](O)C(N(C)C)C2O)[C@@H](CCCl)C[C@@H](C)C(=O)C=CC(C)=C[C@@H]1CO[C@@H]1OC(C)[C@@H](O)[C@H](OC)C1OC. The van der Waals surface area contributed by atoms with Gasteiger partial charge in [-0.05, 0) is 66.1 Å². The molecule has 0 spiro atoms. The molecule has 3 heterocycles. The van der Waals surface area contributed by atoms with Crippen LogP contribution >= 0.6 is 11.6 Å². The van der Waals surface area contributed by atoms with Gasteiger partial charge in [0.25, 0.3) is 0 Å². The number of hydrogen-bond acceptors (Lipinski definition) is 14. The molecule has 3 aliphatic rings. The summed E-state index contributed by atoms with van der Waals surface area (Å²) in [5, 5.41) is 44.4. The van der Waals surface area contributed by atoms with E-state index in [1.807, 2.05) is 26.8 Å². The lowest BCUT2D eigenvalue weighted by atomic mass is 9.79. The van der Waals surface area contributed by atoms with E-state index in [2.05, 4.69) is 0 Å². The highest BCUT2D eigenvalue weighted by Gasteiger charge is 2.48. The second kappa shape index (κ2) is 21.8. The van der Waals surface area contributed by atoms with E-state index >= 15 is 0 Å². The van der Waals surface area contributed by atoms with Gasteiger partial charge in [0, 0.05) is 37.9 Å². The van der Waals surface area contributed by atoms with Crippen LogP contribution in [0, 0.1) is 23.7 Å². The van der Waals surface area contributed by atoms with Crippen LogP contribution in [0.15, 0.2) is 23.8 Å². The zero-order chi connectivity index (χ0) is 40.4. The van der Waals surface area contributed by atoms with E-state index < -0.39 is 103 Å². The Bertz CT molecular complexity index is 1240. The number of ether oxygens (including phenoxy) is 7. The van der Waals surface area contributed by atoms with Gasteiger partial charge < -0.3 is 58.5 Å². The third-order valence-electron chi connectivity index (χ3n) is 11.2. The summed E-state index contributed by atoms with van der Waals surface area (Å²) in [5.41, 5.74) is 0.736. The smallest absolute Gasteiger partial charge is 0.308 e. The van der Waals surface area contributed by atoms with E-state index in [0.717, 1.165) is 5.57 Å². The quantitative estimate of drug-likeness (QED) is 0.177. The summed E-state index contributed by atoms with van der Waals surface area (Å²) < 4.78 is 41.9. The lowest BCUT2D eigenvalue weighted by molar-refractivity contribution is -0.304. The first-order chi connectivity index (χ1) is 25.5. The molecule has 0 radical (unpaired) electrons. The fourth-order valence-electron chi connectivity index (χ4n) is 7.83. The molecule has 3 rings (SSSR count). The van der Waals surface area contributed by atoms with Crippen LogP contribution < -0.4 is 0 Å². The molecule has 4 unspecified atom stereocenters. The van der Waals surface area contributed by atoms with Gasteiger partial charge in [-0.25, -0.2) is 0 Å². The number of nitrogens with zero attached hydrogens (tertiary/aromatic N) is 1. The van der Waals surface area contributed by atoms with Crippen molar-refractivity contribution in [3.8, 4) is 0 Å². The molecule has 2 saturated heterocycles. The number of ketones is 1. The van der Waals surface area contributed by atoms with Crippen LogP contribution in [-0.4, -0.2) is 158 Å². The number of cyclic esters (lactones) is 1. The fraction of sp³-hybridized carbons (Fsp3) is 0.846. The van der Waals surface area contributed by atoms with Gasteiger partial charge >= 0.3 is 5.97 Å². The largest absolute Gasteiger partial charge is 0.462 e. The highest BCUT2D eigenvalue weighted by atomic mass is 35.5. The molecule has 0 aromatic heterocycles. The first-order valence-corrected chi connectivity index (χ1v) is 19.7. The summed E-state index contributed by atoms with van der Waals surface area (Å²) >= 11 is 6.31. The lowest BCUT2D eigenvalue weighted by Gasteiger charge is -2.46. The first kappa shape index (κ1) is 46.8. The van der Waals surface area contributed by atoms with E-state index in [4.69, 9.17) is 44.8 Å². The fourth-order valence-corrected chi connectivity index (χ4v) is 8.11. The van der Waals surface area contributed by atoms with Crippen LogP contribution in [0.3, 0.4) is 0 Å². The number of allylic oxidation sites excluding steroid dienone is 3. The van der Waals surface area contributed by atoms with Crippen molar-refractivity contribution in [3.05, 3.63) is 23.8 Å². The van der Waals surface area contributed by atoms with E-state index in [1.165, 1.54) is 20.3 Å². The number of likely N-dealkylation sites (N-methyl/N-ethyl adjacent to an activating group) is 1. The lowest BCUT2D eigenvalue weighted by Crippen LogP contribution is -2.63. The number of carbonyl (C=O) groups is 2. The molecule has 3 aliphatic heterocycles. The van der Waals surface area contributed by atoms with Gasteiger partial charge in [0.15, 0.2) is 18.4 Å². The number of halogens is 1. The average Bonchev–Trinajstić information content (AvgIpc) is 3.12. The Kier molecular flexibility index (Phi) is 19.0. The van der Waals surface area contributed by atoms with Crippen LogP contribution in [0.2, 0.25) is 0 Å². The Morgan fingerprint density at radius 3 is 2.11 bits per heavy atom. The van der Waals surface area contributed by atoms with Gasteiger partial charge in [0.05, 0.1) is 49.6 Å². The Morgan fingerprint density at radius 2 is 1.52 bits per heavy atom. The topological polar surface area (TPSA) is 183 Å². The van der Waals surface area contributed by atoms with Gasteiger partial charge in [-0.15, -0.1) is 11.6 Å². The zero-order valence-corrected chi connectivity index (χ0v) is 34.3. The molecule has 14 nitrogen and oxygen atoms in total. The molecule has 0 aromatic rings. The number of esters is 1. The monoisotopic (exact) mass is 791 g/mol. The predicted octanol–water partition coefficient (Wildman–Crippen LogP) is 2.60. The van der Waals surface area contributed by atoms with Crippen LogP contribution in [0.1, 0.15) is 67.2 Å². The van der Waals surface area contributed by atoms with E-state index in [-0.39, 0.29) is 30.6 Å². The summed E-state index contributed by atoms with van der Waals surface area (Å²) in [7, 11) is 6.44. The molecule has 0 amide bonds. The van der Waals surface area contributed by atoms with Gasteiger partial charge in [-0.3, -0.25) is 9.59 Å². The van der Waals surface area contributed by atoms with E-state index in [1.54, 1.807) is 45.8 Å². The molecule has 0 aromatic carbocycles. The minimum atomic E-state index is -1.24. The number of aliphatic hydroxyl groups excluding tert-OH is 4. The molecular formula is C39H66ClNO13. The molecule has 312 valence electrons. The number of hydrogen-bond donors (Lipinski definition) is 4. The summed E-state index contributed by atoms with van der Waals surface area (Å²) in [6.45, 7) is 10.7. The standard InChI is InChI=1S/C39H66ClNO13/c1-11-29-26(19-50-39-37(49-10)36(48-9)33(46)24(6)52-39)16-20(2)12-13-27(42)21(3)17-25(14-15-40)35(22(4)28(43)18-30(44)53-29)54-38-34(47)31(41(7)8)32(45)23(5)51-38/h12-13,16,21-26,28-29,31-39,43,45-47H,11,14-15,17-19H2,1-10H3/t21-,22+,23-,24?,25+,26-,28-,29-,31?,32-,33-,34?,35-,36+,37?,38+,39-/m1/s1. The normalized spacial score (nSPS) is 42.1. The van der Waals surface area contributed by atoms with Crippen molar-refractivity contribution >= 4 is 23.4 Å². The third kappa shape index (κ3) is 12.0. The second-order valence-electron chi connectivity index (χ2n) is 15.4.